The van der Waals surface area contributed by atoms with Gasteiger partial charge in [0, 0.05) is 42.9 Å². The van der Waals surface area contributed by atoms with Crippen molar-refractivity contribution in [3.63, 3.8) is 0 Å². The number of carbonyl (C=O) groups excluding carboxylic acids is 3. The molecule has 7 rings (SSSR count). The quantitative estimate of drug-likeness (QED) is 0.118. The van der Waals surface area contributed by atoms with Gasteiger partial charge in [-0.05, 0) is 52.6 Å². The molecule has 3 amide bonds. The Morgan fingerprint density at radius 3 is 2.33 bits per heavy atom. The number of nitrogens with one attached hydrogen (secondary N) is 1. The smallest absolute Gasteiger partial charge is 0.408 e. The molecule has 1 unspecified atom stereocenters. The van der Waals surface area contributed by atoms with E-state index >= 15 is 0 Å². The zero-order chi connectivity index (χ0) is 39.7. The van der Waals surface area contributed by atoms with Crippen molar-refractivity contribution in [2.24, 2.45) is 5.92 Å². The molecule has 1 aromatic heterocycles. The minimum absolute atomic E-state index is 0.0271. The van der Waals surface area contributed by atoms with Crippen LogP contribution in [0.4, 0.5) is 4.79 Å². The first-order valence-electron chi connectivity index (χ1n) is 19.3. The first-order valence-corrected chi connectivity index (χ1v) is 19.3. The summed E-state index contributed by atoms with van der Waals surface area (Å²) in [5, 5.41) is 12.2. The maximum atomic E-state index is 13.4. The van der Waals surface area contributed by atoms with Crippen molar-refractivity contribution >= 4 is 17.9 Å². The topological polar surface area (TPSA) is 131 Å². The Kier molecular flexibility index (Phi) is 12.8. The van der Waals surface area contributed by atoms with E-state index in [0.717, 1.165) is 57.6 Å². The summed E-state index contributed by atoms with van der Waals surface area (Å²) < 4.78 is 18.7. The molecule has 11 heteroatoms. The SMILES string of the molecule is C[C@@H]1[C@H](CN(C)CCc2ccccn2)O[C@H](c2ccc(-c3ccccc3CN3C(=O)CC(NC(=O)OCc4ccccc4)C3=O)cc2)O[C@@H]1c1ccc(CO)cc1. The second kappa shape index (κ2) is 18.5. The van der Waals surface area contributed by atoms with Crippen LogP contribution in [-0.4, -0.2) is 70.1 Å². The Balaban J connectivity index is 1.04. The van der Waals surface area contributed by atoms with E-state index in [2.05, 4.69) is 29.2 Å². The molecule has 4 aromatic carbocycles. The second-order valence-electron chi connectivity index (χ2n) is 14.7. The second-order valence-corrected chi connectivity index (χ2v) is 14.7. The summed E-state index contributed by atoms with van der Waals surface area (Å²) in [7, 11) is 2.10. The van der Waals surface area contributed by atoms with Crippen molar-refractivity contribution in [2.45, 2.75) is 64.1 Å². The van der Waals surface area contributed by atoms with Gasteiger partial charge in [-0.25, -0.2) is 4.79 Å². The van der Waals surface area contributed by atoms with Gasteiger partial charge in [-0.15, -0.1) is 0 Å². The molecular formula is C46H48N4O7. The van der Waals surface area contributed by atoms with Crippen LogP contribution < -0.4 is 5.32 Å². The van der Waals surface area contributed by atoms with E-state index in [1.54, 1.807) is 0 Å². The van der Waals surface area contributed by atoms with Gasteiger partial charge in [0.2, 0.25) is 5.91 Å². The van der Waals surface area contributed by atoms with Gasteiger partial charge in [-0.1, -0.05) is 116 Å². The fourth-order valence-electron chi connectivity index (χ4n) is 7.38. The number of alkyl carbamates (subject to hydrolysis) is 1. The zero-order valence-corrected chi connectivity index (χ0v) is 32.2. The van der Waals surface area contributed by atoms with Gasteiger partial charge in [0.1, 0.15) is 12.6 Å². The van der Waals surface area contributed by atoms with Crippen LogP contribution >= 0.6 is 0 Å². The van der Waals surface area contributed by atoms with Gasteiger partial charge in [-0.3, -0.25) is 19.5 Å². The molecule has 5 atom stereocenters. The molecule has 2 fully saturated rings. The maximum absolute atomic E-state index is 13.4. The molecule has 0 aliphatic carbocycles. The number of nitrogens with zero attached hydrogens (tertiary/aromatic N) is 3. The largest absolute Gasteiger partial charge is 0.445 e. The van der Waals surface area contributed by atoms with E-state index in [1.807, 2.05) is 128 Å². The van der Waals surface area contributed by atoms with Crippen molar-refractivity contribution < 1.29 is 33.7 Å². The highest BCUT2D eigenvalue weighted by Gasteiger charge is 2.41. The van der Waals surface area contributed by atoms with Crippen LogP contribution in [0.25, 0.3) is 11.1 Å². The molecule has 294 valence electrons. The number of hydrogen-bond donors (Lipinski definition) is 2. The molecule has 57 heavy (non-hydrogen) atoms. The summed E-state index contributed by atoms with van der Waals surface area (Å²) in [4.78, 5) is 46.9. The molecule has 0 radical (unpaired) electrons. The molecule has 0 bridgehead atoms. The monoisotopic (exact) mass is 768 g/mol. The molecule has 2 aliphatic rings. The van der Waals surface area contributed by atoms with Crippen LogP contribution in [0, 0.1) is 5.92 Å². The van der Waals surface area contributed by atoms with Gasteiger partial charge in [0.25, 0.3) is 5.91 Å². The van der Waals surface area contributed by atoms with E-state index in [9.17, 15) is 19.5 Å². The molecule has 0 saturated carbocycles. The van der Waals surface area contributed by atoms with Crippen LogP contribution in [0.1, 0.15) is 59.2 Å². The fraction of sp³-hybridized carbons (Fsp3) is 0.304. The van der Waals surface area contributed by atoms with Gasteiger partial charge in [0.15, 0.2) is 6.29 Å². The van der Waals surface area contributed by atoms with Crippen molar-refractivity contribution in [3.05, 3.63) is 161 Å². The number of imide groups is 1. The van der Waals surface area contributed by atoms with Crippen LogP contribution in [0.3, 0.4) is 0 Å². The van der Waals surface area contributed by atoms with E-state index in [1.165, 1.54) is 4.90 Å². The van der Waals surface area contributed by atoms with Gasteiger partial charge in [0.05, 0.1) is 31.8 Å². The Morgan fingerprint density at radius 1 is 0.877 bits per heavy atom. The number of hydrogen-bond acceptors (Lipinski definition) is 9. The molecular weight excluding hydrogens is 721 g/mol. The Morgan fingerprint density at radius 2 is 1.60 bits per heavy atom. The third kappa shape index (κ3) is 9.81. The highest BCUT2D eigenvalue weighted by molar-refractivity contribution is 6.06. The summed E-state index contributed by atoms with van der Waals surface area (Å²) in [6.45, 7) is 3.77. The van der Waals surface area contributed by atoms with E-state index in [-0.39, 0.29) is 50.2 Å². The summed E-state index contributed by atoms with van der Waals surface area (Å²) in [5.74, 6) is -0.799. The highest BCUT2D eigenvalue weighted by atomic mass is 16.7. The maximum Gasteiger partial charge on any atom is 0.408 e. The lowest BCUT2D eigenvalue weighted by atomic mass is 9.90. The van der Waals surface area contributed by atoms with Crippen LogP contribution in [0.2, 0.25) is 0 Å². The molecule has 2 N–H and O–H groups in total. The number of ether oxygens (including phenoxy) is 3. The molecule has 2 saturated heterocycles. The van der Waals surface area contributed by atoms with Crippen LogP contribution in [0.5, 0.6) is 0 Å². The average Bonchev–Trinajstić information content (AvgIpc) is 3.51. The number of aromatic nitrogens is 1. The normalized spacial score (nSPS) is 20.8. The Hall–Kier alpha value is -5.72. The van der Waals surface area contributed by atoms with Crippen LogP contribution in [-0.2, 0) is 50.0 Å². The van der Waals surface area contributed by atoms with E-state index in [4.69, 9.17) is 14.2 Å². The summed E-state index contributed by atoms with van der Waals surface area (Å²) in [6.07, 6.45) is 0.742. The molecule has 3 heterocycles. The summed E-state index contributed by atoms with van der Waals surface area (Å²) in [6, 6.07) is 37.7. The Labute approximate surface area is 333 Å². The number of likely N-dealkylation sites (N-methyl/N-ethyl adjacent to an activating group) is 1. The number of aliphatic hydroxyl groups is 1. The number of aliphatic hydroxyl groups excluding tert-OH is 1. The third-order valence-electron chi connectivity index (χ3n) is 10.7. The first-order chi connectivity index (χ1) is 27.7. The number of rotatable bonds is 14. The number of carbonyl (C=O) groups is 3. The number of pyridine rings is 1. The lowest BCUT2D eigenvalue weighted by Crippen LogP contribution is -2.43. The van der Waals surface area contributed by atoms with Gasteiger partial charge < -0.3 is 29.5 Å². The zero-order valence-electron chi connectivity index (χ0n) is 32.2. The number of benzene rings is 4. The lowest BCUT2D eigenvalue weighted by Gasteiger charge is -2.42. The predicted molar refractivity (Wildman–Crippen MR) is 214 cm³/mol. The standard InChI is InChI=1S/C46H48N4O7/c1-31-41(28-49(2)25-23-38-13-8-9-24-47-38)56-45(57-43(31)35-17-15-32(29-51)16-18-35)36-21-19-34(20-22-36)39-14-7-6-12-37(39)27-50-42(52)26-40(44(50)53)48-46(54)55-30-33-10-4-3-5-11-33/h3-22,24,31,40-41,43,45,51H,23,25-30H2,1-2H3,(H,48,54)/t31-,40?,41+,43+,45+/m1/s1. The number of likely N-dealkylation sites (tertiary alicyclic amines) is 1. The van der Waals surface area contributed by atoms with Gasteiger partial charge >= 0.3 is 6.09 Å². The Bertz CT molecular complexity index is 2120. The van der Waals surface area contributed by atoms with Crippen molar-refractivity contribution in [1.82, 2.24) is 20.1 Å². The highest BCUT2D eigenvalue weighted by Crippen LogP contribution is 2.42. The third-order valence-corrected chi connectivity index (χ3v) is 10.7. The van der Waals surface area contributed by atoms with E-state index in [0.29, 0.717) is 6.54 Å². The summed E-state index contributed by atoms with van der Waals surface area (Å²) in [5.41, 5.74) is 7.14. The van der Waals surface area contributed by atoms with Crippen LogP contribution in [0.15, 0.2) is 128 Å². The predicted octanol–water partition coefficient (Wildman–Crippen LogP) is 6.76. The minimum Gasteiger partial charge on any atom is -0.445 e. The molecule has 5 aromatic rings. The van der Waals surface area contributed by atoms with Crippen molar-refractivity contribution in [1.29, 1.82) is 0 Å². The molecule has 2 aliphatic heterocycles. The molecule has 11 nitrogen and oxygen atoms in total. The minimum atomic E-state index is -0.994. The van der Waals surface area contributed by atoms with E-state index < -0.39 is 24.3 Å². The summed E-state index contributed by atoms with van der Waals surface area (Å²) >= 11 is 0. The van der Waals surface area contributed by atoms with Gasteiger partial charge in [-0.2, -0.15) is 0 Å². The lowest BCUT2D eigenvalue weighted by molar-refractivity contribution is -0.275. The van der Waals surface area contributed by atoms with Crippen molar-refractivity contribution in [3.8, 4) is 11.1 Å². The average molecular weight is 769 g/mol. The first kappa shape index (κ1) is 39.5. The number of amides is 3. The fourth-order valence-corrected chi connectivity index (χ4v) is 7.38. The van der Waals surface area contributed by atoms with Crippen molar-refractivity contribution in [2.75, 3.05) is 20.1 Å². The molecule has 0 spiro atoms.